The number of carbonyl (C=O) groups is 1. The molecule has 0 aliphatic carbocycles. The van der Waals surface area contributed by atoms with Gasteiger partial charge in [-0.2, -0.15) is 0 Å². The van der Waals surface area contributed by atoms with Gasteiger partial charge in [-0.3, -0.25) is 4.79 Å². The molecule has 0 aromatic carbocycles. The van der Waals surface area contributed by atoms with Crippen molar-refractivity contribution in [1.29, 1.82) is 0 Å². The minimum Gasteiger partial charge on any atom is -0.384 e. The fourth-order valence-corrected chi connectivity index (χ4v) is 2.44. The fourth-order valence-electron chi connectivity index (χ4n) is 1.67. The zero-order chi connectivity index (χ0) is 14.5. The van der Waals surface area contributed by atoms with Crippen LogP contribution in [0.3, 0.4) is 0 Å². The molecule has 0 bridgehead atoms. The summed E-state index contributed by atoms with van der Waals surface area (Å²) < 4.78 is 4.95. The van der Waals surface area contributed by atoms with Crippen LogP contribution >= 0.6 is 11.3 Å². The smallest absolute Gasteiger partial charge is 0.292 e. The van der Waals surface area contributed by atoms with E-state index in [1.807, 2.05) is 11.4 Å². The van der Waals surface area contributed by atoms with Gasteiger partial charge in [0.15, 0.2) is 0 Å². The van der Waals surface area contributed by atoms with E-state index in [9.17, 15) is 4.79 Å². The lowest BCUT2D eigenvalue weighted by molar-refractivity contribution is 0.0742. The van der Waals surface area contributed by atoms with E-state index in [-0.39, 0.29) is 18.3 Å². The van der Waals surface area contributed by atoms with E-state index >= 15 is 0 Å². The van der Waals surface area contributed by atoms with Gasteiger partial charge in [0, 0.05) is 19.2 Å². The average molecular weight is 290 g/mol. The summed E-state index contributed by atoms with van der Waals surface area (Å²) in [6.45, 7) is 2.09. The molecule has 0 aliphatic rings. The Morgan fingerprint density at radius 1 is 1.60 bits per heavy atom. The van der Waals surface area contributed by atoms with Gasteiger partial charge in [-0.1, -0.05) is 17.0 Å². The summed E-state index contributed by atoms with van der Waals surface area (Å²) in [5, 5.41) is 14.2. The second-order valence-corrected chi connectivity index (χ2v) is 5.19. The summed E-state index contributed by atoms with van der Waals surface area (Å²) in [5.74, 6) is 5.50. The summed E-state index contributed by atoms with van der Waals surface area (Å²) in [5.41, 5.74) is 1.71. The predicted molar refractivity (Wildman–Crippen MR) is 75.3 cm³/mol. The molecule has 5 nitrogen and oxygen atoms in total. The van der Waals surface area contributed by atoms with Crippen LogP contribution in [0.5, 0.6) is 0 Å². The van der Waals surface area contributed by atoms with Gasteiger partial charge in [-0.05, 0) is 23.9 Å². The Morgan fingerprint density at radius 3 is 3.05 bits per heavy atom. The molecule has 0 aliphatic heterocycles. The van der Waals surface area contributed by atoms with E-state index in [0.717, 1.165) is 16.0 Å². The third-order valence-electron chi connectivity index (χ3n) is 2.65. The van der Waals surface area contributed by atoms with Crippen LogP contribution in [-0.4, -0.2) is 34.7 Å². The summed E-state index contributed by atoms with van der Waals surface area (Å²) in [7, 11) is 1.71. The molecule has 0 saturated heterocycles. The maximum absolute atomic E-state index is 12.1. The molecule has 2 aromatic heterocycles. The van der Waals surface area contributed by atoms with Crippen LogP contribution in [0.2, 0.25) is 0 Å². The molecule has 0 saturated carbocycles. The molecule has 0 unspecified atom stereocenters. The standard InChI is InChI=1S/C14H14N2O3S/c1-10-7-15-19-13(10)14(18)16(2)8-11-6-12(20-9-11)4-3-5-17/h6-7,9,17H,5,8H2,1-2H3. The quantitative estimate of drug-likeness (QED) is 0.873. The first-order valence-electron chi connectivity index (χ1n) is 5.95. The normalized spacial score (nSPS) is 9.95. The monoisotopic (exact) mass is 290 g/mol. The maximum Gasteiger partial charge on any atom is 0.292 e. The average Bonchev–Trinajstić information content (AvgIpc) is 3.04. The van der Waals surface area contributed by atoms with Crippen molar-refractivity contribution in [3.05, 3.63) is 39.4 Å². The van der Waals surface area contributed by atoms with E-state index in [4.69, 9.17) is 9.63 Å². The highest BCUT2D eigenvalue weighted by Gasteiger charge is 2.19. The van der Waals surface area contributed by atoms with E-state index in [1.165, 1.54) is 17.5 Å². The number of nitrogens with zero attached hydrogens (tertiary/aromatic N) is 2. The molecule has 0 spiro atoms. The predicted octanol–water partition coefficient (Wildman–Crippen LogP) is 1.66. The summed E-state index contributed by atoms with van der Waals surface area (Å²) >= 11 is 1.49. The Hall–Kier alpha value is -2.10. The number of hydrogen-bond acceptors (Lipinski definition) is 5. The fraction of sp³-hybridized carbons (Fsp3) is 0.286. The molecule has 20 heavy (non-hydrogen) atoms. The topological polar surface area (TPSA) is 66.6 Å². The second kappa shape index (κ2) is 6.37. The molecule has 1 amide bonds. The van der Waals surface area contributed by atoms with Crippen molar-refractivity contribution in [1.82, 2.24) is 10.1 Å². The van der Waals surface area contributed by atoms with Gasteiger partial charge in [0.25, 0.3) is 5.91 Å². The Morgan fingerprint density at radius 2 is 2.40 bits per heavy atom. The number of aryl methyl sites for hydroxylation is 1. The van der Waals surface area contributed by atoms with Gasteiger partial charge in [-0.25, -0.2) is 0 Å². The molecule has 0 atom stereocenters. The Balaban J connectivity index is 2.04. The maximum atomic E-state index is 12.1. The zero-order valence-electron chi connectivity index (χ0n) is 11.2. The van der Waals surface area contributed by atoms with Crippen LogP contribution in [0.15, 0.2) is 22.2 Å². The van der Waals surface area contributed by atoms with E-state index < -0.39 is 0 Å². The number of carbonyl (C=O) groups excluding carboxylic acids is 1. The SMILES string of the molecule is Cc1cnoc1C(=O)N(C)Cc1csc(C#CCO)c1. The Bertz CT molecular complexity index is 663. The molecule has 6 heteroatoms. The highest BCUT2D eigenvalue weighted by atomic mass is 32.1. The molecule has 0 fully saturated rings. The summed E-state index contributed by atoms with van der Waals surface area (Å²) in [4.78, 5) is 14.6. The molecule has 1 N–H and O–H groups in total. The first kappa shape index (κ1) is 14.3. The van der Waals surface area contributed by atoms with Crippen LogP contribution in [0, 0.1) is 18.8 Å². The van der Waals surface area contributed by atoms with Crippen LogP contribution in [0.25, 0.3) is 0 Å². The first-order chi connectivity index (χ1) is 9.61. The number of amides is 1. The van der Waals surface area contributed by atoms with Crippen LogP contribution in [0.4, 0.5) is 0 Å². The third kappa shape index (κ3) is 3.26. The summed E-state index contributed by atoms with van der Waals surface area (Å²) in [6.07, 6.45) is 1.52. The van der Waals surface area contributed by atoms with Crippen LogP contribution in [-0.2, 0) is 6.54 Å². The minimum absolute atomic E-state index is 0.156. The largest absolute Gasteiger partial charge is 0.384 e. The van der Waals surface area contributed by atoms with Gasteiger partial charge in [0.1, 0.15) is 6.61 Å². The number of hydrogen-bond donors (Lipinski definition) is 1. The van der Waals surface area contributed by atoms with Crippen molar-refractivity contribution >= 4 is 17.2 Å². The molecule has 0 radical (unpaired) electrons. The number of aliphatic hydroxyl groups is 1. The second-order valence-electron chi connectivity index (χ2n) is 4.28. The van der Waals surface area contributed by atoms with Gasteiger partial charge < -0.3 is 14.5 Å². The van der Waals surface area contributed by atoms with Crippen LogP contribution in [0.1, 0.15) is 26.6 Å². The van der Waals surface area contributed by atoms with Crippen molar-refractivity contribution in [3.8, 4) is 11.8 Å². The molecular formula is C14H14N2O3S. The highest BCUT2D eigenvalue weighted by Crippen LogP contribution is 2.17. The number of aliphatic hydroxyl groups excluding tert-OH is 1. The minimum atomic E-state index is -0.200. The number of aromatic nitrogens is 1. The number of rotatable bonds is 3. The number of thiophene rings is 1. The molecular weight excluding hydrogens is 276 g/mol. The lowest BCUT2D eigenvalue weighted by Gasteiger charge is -2.14. The third-order valence-corrected chi connectivity index (χ3v) is 3.55. The van der Waals surface area contributed by atoms with Crippen molar-refractivity contribution in [2.24, 2.45) is 0 Å². The molecule has 2 aromatic rings. The molecule has 2 rings (SSSR count). The first-order valence-corrected chi connectivity index (χ1v) is 6.83. The van der Waals surface area contributed by atoms with Gasteiger partial charge >= 0.3 is 0 Å². The summed E-state index contributed by atoms with van der Waals surface area (Å²) in [6, 6.07) is 1.91. The molecule has 104 valence electrons. The zero-order valence-corrected chi connectivity index (χ0v) is 12.0. The highest BCUT2D eigenvalue weighted by molar-refractivity contribution is 7.10. The Labute approximate surface area is 120 Å². The Kier molecular flexibility index (Phi) is 4.56. The van der Waals surface area contributed by atoms with Crippen LogP contribution < -0.4 is 0 Å². The van der Waals surface area contributed by atoms with Crippen molar-refractivity contribution in [3.63, 3.8) is 0 Å². The van der Waals surface area contributed by atoms with E-state index in [0.29, 0.717) is 6.54 Å². The lowest BCUT2D eigenvalue weighted by Crippen LogP contribution is -2.26. The molecule has 2 heterocycles. The van der Waals surface area contributed by atoms with Crippen molar-refractivity contribution in [2.75, 3.05) is 13.7 Å². The van der Waals surface area contributed by atoms with Gasteiger partial charge in [0.2, 0.25) is 5.76 Å². The van der Waals surface area contributed by atoms with E-state index in [2.05, 4.69) is 17.0 Å². The lowest BCUT2D eigenvalue weighted by atomic mass is 10.2. The van der Waals surface area contributed by atoms with E-state index in [1.54, 1.807) is 18.9 Å². The van der Waals surface area contributed by atoms with Crippen molar-refractivity contribution < 1.29 is 14.4 Å². The van der Waals surface area contributed by atoms with Gasteiger partial charge in [0.05, 0.1) is 11.1 Å². The van der Waals surface area contributed by atoms with Gasteiger partial charge in [-0.15, -0.1) is 11.3 Å². The van der Waals surface area contributed by atoms with Crippen molar-refractivity contribution in [2.45, 2.75) is 13.5 Å².